The van der Waals surface area contributed by atoms with Crippen molar-refractivity contribution in [2.45, 2.75) is 32.2 Å². The largest absolute Gasteiger partial charge is 0.478 e. The van der Waals surface area contributed by atoms with Crippen LogP contribution in [0.2, 0.25) is 0 Å². The zero-order chi connectivity index (χ0) is 13.8. The lowest BCUT2D eigenvalue weighted by Crippen LogP contribution is -2.13. The number of hydrogen-bond donors (Lipinski definition) is 1. The van der Waals surface area contributed by atoms with Crippen LogP contribution in [0.25, 0.3) is 0 Å². The first-order valence-corrected chi connectivity index (χ1v) is 6.93. The van der Waals surface area contributed by atoms with Crippen LogP contribution in [-0.4, -0.2) is 37.9 Å². The molecule has 1 aliphatic rings. The van der Waals surface area contributed by atoms with Crippen LogP contribution >= 0.6 is 0 Å². The molecule has 0 aromatic carbocycles. The van der Waals surface area contributed by atoms with Crippen molar-refractivity contribution < 1.29 is 4.74 Å². The number of nitrogens with one attached hydrogen (secondary N) is 1. The fourth-order valence-corrected chi connectivity index (χ4v) is 2.06. The predicted molar refractivity (Wildman–Crippen MR) is 73.7 cm³/mol. The van der Waals surface area contributed by atoms with Gasteiger partial charge in [0, 0.05) is 25.1 Å². The molecule has 20 heavy (non-hydrogen) atoms. The van der Waals surface area contributed by atoms with E-state index in [2.05, 4.69) is 30.0 Å². The summed E-state index contributed by atoms with van der Waals surface area (Å²) in [4.78, 5) is 8.20. The van der Waals surface area contributed by atoms with Gasteiger partial charge in [-0.05, 0) is 19.8 Å². The highest BCUT2D eigenvalue weighted by molar-refractivity contribution is 5.36. The number of aromatic nitrogens is 5. The SMILES string of the molecule is CCOc1cc(NCCn2cnnc2C2CC2)ncn1. The van der Waals surface area contributed by atoms with Gasteiger partial charge < -0.3 is 14.6 Å². The van der Waals surface area contributed by atoms with Crippen molar-refractivity contribution in [3.05, 3.63) is 24.5 Å². The summed E-state index contributed by atoms with van der Waals surface area (Å²) in [6.45, 7) is 4.12. The lowest BCUT2D eigenvalue weighted by atomic mass is 10.4. The van der Waals surface area contributed by atoms with Gasteiger partial charge in [-0.2, -0.15) is 0 Å². The van der Waals surface area contributed by atoms with E-state index < -0.39 is 0 Å². The maximum absolute atomic E-state index is 5.34. The summed E-state index contributed by atoms with van der Waals surface area (Å²) in [6, 6.07) is 1.80. The topological polar surface area (TPSA) is 77.8 Å². The molecule has 7 heteroatoms. The molecular weight excluding hydrogens is 256 g/mol. The van der Waals surface area contributed by atoms with Gasteiger partial charge in [-0.15, -0.1) is 10.2 Å². The van der Waals surface area contributed by atoms with Crippen LogP contribution in [-0.2, 0) is 6.54 Å². The molecule has 0 radical (unpaired) electrons. The summed E-state index contributed by atoms with van der Waals surface area (Å²) in [5.74, 6) is 3.07. The zero-order valence-electron chi connectivity index (χ0n) is 11.5. The average Bonchev–Trinajstić information content (AvgIpc) is 3.20. The molecule has 3 rings (SSSR count). The standard InChI is InChI=1S/C13H18N6O/c1-2-20-12-7-11(15-8-16-12)14-5-6-19-9-17-18-13(19)10-3-4-10/h7-10H,2-6H2,1H3,(H,14,15,16). The van der Waals surface area contributed by atoms with Crippen LogP contribution in [0.3, 0.4) is 0 Å². The Kier molecular flexibility index (Phi) is 3.76. The lowest BCUT2D eigenvalue weighted by molar-refractivity contribution is 0.326. The summed E-state index contributed by atoms with van der Waals surface area (Å²) in [5.41, 5.74) is 0. The van der Waals surface area contributed by atoms with E-state index in [0.717, 1.165) is 24.7 Å². The second kappa shape index (κ2) is 5.85. The highest BCUT2D eigenvalue weighted by Gasteiger charge is 2.28. The van der Waals surface area contributed by atoms with Gasteiger partial charge in [0.25, 0.3) is 0 Å². The molecule has 0 saturated heterocycles. The molecule has 1 saturated carbocycles. The van der Waals surface area contributed by atoms with Gasteiger partial charge in [0.2, 0.25) is 5.88 Å². The van der Waals surface area contributed by atoms with Gasteiger partial charge in [0.05, 0.1) is 6.61 Å². The Morgan fingerprint density at radius 2 is 2.30 bits per heavy atom. The maximum Gasteiger partial charge on any atom is 0.218 e. The molecular formula is C13H18N6O. The van der Waals surface area contributed by atoms with E-state index in [-0.39, 0.29) is 0 Å². The second-order valence-electron chi connectivity index (χ2n) is 4.76. The first-order chi connectivity index (χ1) is 9.86. The van der Waals surface area contributed by atoms with E-state index in [0.29, 0.717) is 18.4 Å². The van der Waals surface area contributed by atoms with Crippen molar-refractivity contribution in [1.82, 2.24) is 24.7 Å². The van der Waals surface area contributed by atoms with Crippen LogP contribution in [0.1, 0.15) is 31.5 Å². The molecule has 0 atom stereocenters. The van der Waals surface area contributed by atoms with Crippen LogP contribution < -0.4 is 10.1 Å². The van der Waals surface area contributed by atoms with Crippen LogP contribution in [0.5, 0.6) is 5.88 Å². The van der Waals surface area contributed by atoms with Crippen LogP contribution in [0.15, 0.2) is 18.7 Å². The fourth-order valence-electron chi connectivity index (χ4n) is 2.06. The van der Waals surface area contributed by atoms with E-state index >= 15 is 0 Å². The van der Waals surface area contributed by atoms with E-state index in [1.54, 1.807) is 12.4 Å². The van der Waals surface area contributed by atoms with Gasteiger partial charge in [0.1, 0.15) is 24.3 Å². The van der Waals surface area contributed by atoms with Crippen molar-refractivity contribution in [3.8, 4) is 5.88 Å². The van der Waals surface area contributed by atoms with E-state index in [1.165, 1.54) is 19.2 Å². The molecule has 1 fully saturated rings. The number of hydrogen-bond acceptors (Lipinski definition) is 6. The Morgan fingerprint density at radius 1 is 1.40 bits per heavy atom. The van der Waals surface area contributed by atoms with Crippen molar-refractivity contribution in [1.29, 1.82) is 0 Å². The molecule has 1 N–H and O–H groups in total. The number of anilines is 1. The molecule has 7 nitrogen and oxygen atoms in total. The summed E-state index contributed by atoms with van der Waals surface area (Å²) in [5, 5.41) is 11.4. The molecule has 2 aromatic heterocycles. The molecule has 2 heterocycles. The second-order valence-corrected chi connectivity index (χ2v) is 4.76. The number of rotatable bonds is 7. The van der Waals surface area contributed by atoms with Crippen molar-refractivity contribution >= 4 is 5.82 Å². The Hall–Kier alpha value is -2.18. The number of ether oxygens (including phenoxy) is 1. The molecule has 0 unspecified atom stereocenters. The quantitative estimate of drug-likeness (QED) is 0.823. The Morgan fingerprint density at radius 3 is 3.10 bits per heavy atom. The first-order valence-electron chi connectivity index (χ1n) is 6.93. The average molecular weight is 274 g/mol. The maximum atomic E-state index is 5.34. The smallest absolute Gasteiger partial charge is 0.218 e. The van der Waals surface area contributed by atoms with E-state index in [1.807, 2.05) is 6.92 Å². The van der Waals surface area contributed by atoms with E-state index in [4.69, 9.17) is 4.74 Å². The van der Waals surface area contributed by atoms with E-state index in [9.17, 15) is 0 Å². The van der Waals surface area contributed by atoms with Crippen LogP contribution in [0, 0.1) is 0 Å². The predicted octanol–water partition coefficient (Wildman–Crippen LogP) is 1.46. The Labute approximate surface area is 117 Å². The van der Waals surface area contributed by atoms with Gasteiger partial charge >= 0.3 is 0 Å². The lowest BCUT2D eigenvalue weighted by Gasteiger charge is -2.09. The van der Waals surface area contributed by atoms with Gasteiger partial charge in [-0.25, -0.2) is 9.97 Å². The molecule has 0 aliphatic heterocycles. The molecule has 0 spiro atoms. The summed E-state index contributed by atoms with van der Waals surface area (Å²) < 4.78 is 7.45. The van der Waals surface area contributed by atoms with Crippen LogP contribution in [0.4, 0.5) is 5.82 Å². The number of nitrogens with zero attached hydrogens (tertiary/aromatic N) is 5. The third-order valence-corrected chi connectivity index (χ3v) is 3.18. The zero-order valence-corrected chi connectivity index (χ0v) is 11.5. The minimum absolute atomic E-state index is 0.591. The van der Waals surface area contributed by atoms with Crippen molar-refractivity contribution in [2.24, 2.45) is 0 Å². The molecule has 0 amide bonds. The molecule has 2 aromatic rings. The van der Waals surface area contributed by atoms with Gasteiger partial charge in [0.15, 0.2) is 0 Å². The summed E-state index contributed by atoms with van der Waals surface area (Å²) >= 11 is 0. The fraction of sp³-hybridized carbons (Fsp3) is 0.538. The Bertz CT molecular complexity index is 565. The normalized spacial score (nSPS) is 14.2. The van der Waals surface area contributed by atoms with Gasteiger partial charge in [-0.3, -0.25) is 0 Å². The summed E-state index contributed by atoms with van der Waals surface area (Å²) in [7, 11) is 0. The highest BCUT2D eigenvalue weighted by Crippen LogP contribution is 2.38. The minimum atomic E-state index is 0.591. The third kappa shape index (κ3) is 3.04. The molecule has 0 bridgehead atoms. The first kappa shape index (κ1) is 12.8. The summed E-state index contributed by atoms with van der Waals surface area (Å²) in [6.07, 6.45) is 5.76. The van der Waals surface area contributed by atoms with Crippen molar-refractivity contribution in [2.75, 3.05) is 18.5 Å². The monoisotopic (exact) mass is 274 g/mol. The molecule has 106 valence electrons. The van der Waals surface area contributed by atoms with Crippen molar-refractivity contribution in [3.63, 3.8) is 0 Å². The molecule has 1 aliphatic carbocycles. The highest BCUT2D eigenvalue weighted by atomic mass is 16.5. The van der Waals surface area contributed by atoms with Gasteiger partial charge in [-0.1, -0.05) is 0 Å². The minimum Gasteiger partial charge on any atom is -0.478 e. The third-order valence-electron chi connectivity index (χ3n) is 3.18. The Balaban J connectivity index is 1.54.